The van der Waals surface area contributed by atoms with Gasteiger partial charge in [0.2, 0.25) is 0 Å². The van der Waals surface area contributed by atoms with Crippen LogP contribution in [0.2, 0.25) is 0 Å². The van der Waals surface area contributed by atoms with Crippen molar-refractivity contribution in [2.24, 2.45) is 16.5 Å². The van der Waals surface area contributed by atoms with Gasteiger partial charge in [-0.1, -0.05) is 15.9 Å². The second-order valence-electron chi connectivity index (χ2n) is 2.70. The number of hydrogen-bond acceptors (Lipinski definition) is 2. The van der Waals surface area contributed by atoms with Crippen LogP contribution in [0.3, 0.4) is 0 Å². The first kappa shape index (κ1) is 12.6. The van der Waals surface area contributed by atoms with Crippen LogP contribution in [0.4, 0.5) is 18.9 Å². The predicted molar refractivity (Wildman–Crippen MR) is 56.3 cm³/mol. The van der Waals surface area contributed by atoms with E-state index in [0.717, 1.165) is 6.07 Å². The molecule has 0 saturated heterocycles. The third-order valence-corrected chi connectivity index (χ3v) is 1.89. The molecule has 0 atom stereocenters. The first-order valence-corrected chi connectivity index (χ1v) is 4.72. The van der Waals surface area contributed by atoms with Gasteiger partial charge in [0.05, 0.1) is 0 Å². The van der Waals surface area contributed by atoms with Crippen LogP contribution in [0, 0.1) is 0 Å². The molecule has 16 heavy (non-hydrogen) atoms. The summed E-state index contributed by atoms with van der Waals surface area (Å²) in [6.07, 6.45) is -4.80. The van der Waals surface area contributed by atoms with Gasteiger partial charge in [-0.25, -0.2) is 4.99 Å². The number of ether oxygens (including phenoxy) is 1. The zero-order valence-corrected chi connectivity index (χ0v) is 9.34. The third kappa shape index (κ3) is 3.97. The van der Waals surface area contributed by atoms with Gasteiger partial charge in [0.15, 0.2) is 11.7 Å². The number of nitrogens with zero attached hydrogens (tertiary/aromatic N) is 1. The van der Waals surface area contributed by atoms with Gasteiger partial charge in [0, 0.05) is 4.47 Å². The van der Waals surface area contributed by atoms with Crippen molar-refractivity contribution < 1.29 is 17.9 Å². The molecule has 0 saturated carbocycles. The number of nitrogens with two attached hydrogens (primary N) is 2. The molecule has 0 unspecified atom stereocenters. The smallest absolute Gasteiger partial charge is 0.403 e. The summed E-state index contributed by atoms with van der Waals surface area (Å²) in [7, 11) is 0. The van der Waals surface area contributed by atoms with Crippen molar-refractivity contribution in [3.63, 3.8) is 0 Å². The minimum absolute atomic E-state index is 0.0967. The van der Waals surface area contributed by atoms with Crippen molar-refractivity contribution in [3.05, 3.63) is 22.7 Å². The Morgan fingerprint density at radius 2 is 1.94 bits per heavy atom. The highest BCUT2D eigenvalue weighted by atomic mass is 79.9. The Bertz CT molecular complexity index is 415. The van der Waals surface area contributed by atoms with E-state index in [0.29, 0.717) is 4.47 Å². The molecule has 0 aliphatic rings. The van der Waals surface area contributed by atoms with Crippen LogP contribution in [0.1, 0.15) is 0 Å². The zero-order chi connectivity index (χ0) is 12.3. The number of hydrogen-bond donors (Lipinski definition) is 2. The van der Waals surface area contributed by atoms with Gasteiger partial charge in [-0.2, -0.15) is 0 Å². The molecular formula is C8H7BrF3N3O. The lowest BCUT2D eigenvalue weighted by atomic mass is 10.3. The second kappa shape index (κ2) is 4.60. The predicted octanol–water partition coefficient (Wildman–Crippen LogP) is 2.25. The maximum atomic E-state index is 12.0. The van der Waals surface area contributed by atoms with Gasteiger partial charge >= 0.3 is 6.36 Å². The normalized spacial score (nSPS) is 11.0. The van der Waals surface area contributed by atoms with Crippen molar-refractivity contribution in [2.75, 3.05) is 0 Å². The number of guanidine groups is 1. The number of rotatable bonds is 2. The molecule has 0 radical (unpaired) electrons. The maximum Gasteiger partial charge on any atom is 0.573 e. The zero-order valence-electron chi connectivity index (χ0n) is 7.75. The number of aliphatic imine (C=N–C) groups is 1. The summed E-state index contributed by atoms with van der Waals surface area (Å²) in [6, 6.07) is 3.91. The van der Waals surface area contributed by atoms with E-state index in [1.807, 2.05) is 0 Å². The molecule has 4 N–H and O–H groups in total. The number of alkyl halides is 3. The fourth-order valence-corrected chi connectivity index (χ4v) is 1.27. The third-order valence-electron chi connectivity index (χ3n) is 1.40. The van der Waals surface area contributed by atoms with Crippen molar-refractivity contribution in [2.45, 2.75) is 6.36 Å². The molecule has 88 valence electrons. The van der Waals surface area contributed by atoms with Gasteiger partial charge in [-0.05, 0) is 18.2 Å². The standard InChI is InChI=1S/C8H7BrF3N3O/c9-4-1-2-5(15-7(13)14)6(3-4)16-8(10,11)12/h1-3H,(H4,13,14,15). The first-order valence-electron chi connectivity index (χ1n) is 3.93. The number of benzene rings is 1. The molecule has 0 aliphatic carbocycles. The molecule has 0 fully saturated rings. The van der Waals surface area contributed by atoms with Crippen LogP contribution in [-0.4, -0.2) is 12.3 Å². The molecular weight excluding hydrogens is 291 g/mol. The lowest BCUT2D eigenvalue weighted by Gasteiger charge is -2.11. The van der Waals surface area contributed by atoms with Gasteiger partial charge in [-0.3, -0.25) is 0 Å². The van der Waals surface area contributed by atoms with Gasteiger partial charge < -0.3 is 16.2 Å². The Morgan fingerprint density at radius 1 is 1.31 bits per heavy atom. The minimum atomic E-state index is -4.80. The quantitative estimate of drug-likeness (QED) is 0.649. The molecule has 0 aliphatic heterocycles. The maximum absolute atomic E-state index is 12.0. The number of halogens is 4. The van der Waals surface area contributed by atoms with E-state index in [9.17, 15) is 13.2 Å². The Morgan fingerprint density at radius 3 is 2.44 bits per heavy atom. The molecule has 8 heteroatoms. The van der Waals surface area contributed by atoms with Gasteiger partial charge in [0.25, 0.3) is 0 Å². The minimum Gasteiger partial charge on any atom is -0.403 e. The highest BCUT2D eigenvalue weighted by Gasteiger charge is 2.32. The highest BCUT2D eigenvalue weighted by molar-refractivity contribution is 9.10. The van der Waals surface area contributed by atoms with E-state index in [1.165, 1.54) is 12.1 Å². The average Bonchev–Trinajstić information content (AvgIpc) is 2.06. The SMILES string of the molecule is NC(N)=Nc1ccc(Br)cc1OC(F)(F)F. The van der Waals surface area contributed by atoms with E-state index in [-0.39, 0.29) is 11.6 Å². The summed E-state index contributed by atoms with van der Waals surface area (Å²) in [6.45, 7) is 0. The van der Waals surface area contributed by atoms with Crippen LogP contribution in [0.5, 0.6) is 5.75 Å². The van der Waals surface area contributed by atoms with Gasteiger partial charge in [0.1, 0.15) is 5.69 Å². The van der Waals surface area contributed by atoms with Crippen LogP contribution in [-0.2, 0) is 0 Å². The summed E-state index contributed by atoms with van der Waals surface area (Å²) < 4.78 is 40.3. The van der Waals surface area contributed by atoms with Crippen LogP contribution in [0.25, 0.3) is 0 Å². The summed E-state index contributed by atoms with van der Waals surface area (Å²) in [5.41, 5.74) is 10.1. The lowest BCUT2D eigenvalue weighted by Crippen LogP contribution is -2.22. The second-order valence-corrected chi connectivity index (χ2v) is 3.61. The molecule has 0 amide bonds. The Kier molecular flexibility index (Phi) is 3.63. The van der Waals surface area contributed by atoms with Crippen molar-refractivity contribution >= 4 is 27.6 Å². The Labute approximate surface area is 97.2 Å². The van der Waals surface area contributed by atoms with E-state index in [1.54, 1.807) is 0 Å². The molecule has 1 rings (SSSR count). The molecule has 0 aromatic heterocycles. The van der Waals surface area contributed by atoms with E-state index >= 15 is 0 Å². The highest BCUT2D eigenvalue weighted by Crippen LogP contribution is 2.34. The van der Waals surface area contributed by atoms with E-state index in [4.69, 9.17) is 11.5 Å². The summed E-state index contributed by atoms with van der Waals surface area (Å²) in [5, 5.41) is 0. The van der Waals surface area contributed by atoms with Crippen molar-refractivity contribution in [3.8, 4) is 5.75 Å². The Balaban J connectivity index is 3.13. The molecule has 4 nitrogen and oxygen atoms in total. The topological polar surface area (TPSA) is 73.6 Å². The van der Waals surface area contributed by atoms with Crippen molar-refractivity contribution in [1.29, 1.82) is 0 Å². The molecule has 0 heterocycles. The monoisotopic (exact) mass is 297 g/mol. The van der Waals surface area contributed by atoms with Crippen molar-refractivity contribution in [1.82, 2.24) is 0 Å². The Hall–Kier alpha value is -1.44. The van der Waals surface area contributed by atoms with E-state index in [2.05, 4.69) is 25.7 Å². The van der Waals surface area contributed by atoms with E-state index < -0.39 is 12.1 Å². The summed E-state index contributed by atoms with van der Waals surface area (Å²) in [5.74, 6) is -0.829. The molecule has 1 aromatic rings. The average molecular weight is 298 g/mol. The largest absolute Gasteiger partial charge is 0.573 e. The summed E-state index contributed by atoms with van der Waals surface area (Å²) in [4.78, 5) is 3.51. The fraction of sp³-hybridized carbons (Fsp3) is 0.125. The molecule has 1 aromatic carbocycles. The lowest BCUT2D eigenvalue weighted by molar-refractivity contribution is -0.274. The summed E-state index contributed by atoms with van der Waals surface area (Å²) >= 11 is 3.01. The van der Waals surface area contributed by atoms with Crippen LogP contribution in [0.15, 0.2) is 27.7 Å². The fourth-order valence-electron chi connectivity index (χ4n) is 0.926. The molecule has 0 spiro atoms. The first-order chi connectivity index (χ1) is 7.28. The molecule has 0 bridgehead atoms. The van der Waals surface area contributed by atoms with Gasteiger partial charge in [-0.15, -0.1) is 13.2 Å². The van der Waals surface area contributed by atoms with Crippen LogP contribution >= 0.6 is 15.9 Å². The van der Waals surface area contributed by atoms with Crippen LogP contribution < -0.4 is 16.2 Å².